The number of hydrogen-bond acceptors (Lipinski definition) is 19. The van der Waals surface area contributed by atoms with Crippen LogP contribution in [-0.4, -0.2) is 185 Å². The molecule has 4 aromatic carbocycles. The summed E-state index contributed by atoms with van der Waals surface area (Å²) in [4.78, 5) is 9.91. The van der Waals surface area contributed by atoms with E-state index in [1.807, 2.05) is 16.4 Å². The fraction of sp³-hybridized carbons (Fsp3) is 0.491. The number of nitrogens with zero attached hydrogens (tertiary/aromatic N) is 2. The molecule has 0 amide bonds. The summed E-state index contributed by atoms with van der Waals surface area (Å²) in [5, 5.41) is 9.20. The lowest BCUT2D eigenvalue weighted by molar-refractivity contribution is -0.438. The van der Waals surface area contributed by atoms with Crippen molar-refractivity contribution in [2.45, 2.75) is 96.1 Å². The van der Waals surface area contributed by atoms with Gasteiger partial charge in [-0.25, -0.2) is 8.42 Å². The van der Waals surface area contributed by atoms with Gasteiger partial charge in [0.15, 0.2) is 5.71 Å². The molecular formula is C55H72N2O23S5. The number of aliphatic carboxylic acids is 1. The molecule has 470 valence electrons. The standard InChI is InChI=1S/C55H72N2O23S5/c1-5-56-45-18-16-41-43(35-39(82(63,64)65)37-47(41)84(69,70)71)52(45)54(2,20-12-34-81(60,61)62)49(56)13-8-6-9-14-50-55(3,21-23-76-26-27-78-30-31-80-33-32-79-29-28-77-25-24-75-4)53-44-36-40(83(66,67)68)38-48(85(72,73)74)42(44)17-19-46(53)57(50)22-11-7-10-15-51(58)59/h6,8-9,13-14,16-19,35-38H,5,7,10-12,15,20-34H2,1-4H3,(H5-,58,59,60,61,62,63,64,65,66,67,68,69,70,71,72,73,74). The van der Waals surface area contributed by atoms with E-state index in [2.05, 4.69) is 0 Å². The number of carboxylic acid groups (broad SMARTS) is 1. The fourth-order valence-corrected chi connectivity index (χ4v) is 14.1. The number of methoxy groups -OCH3 is 1. The third kappa shape index (κ3) is 17.6. The normalized spacial score (nSPS) is 18.3. The maximum Gasteiger partial charge on any atom is 0.303 e. The van der Waals surface area contributed by atoms with Gasteiger partial charge in [-0.15, -0.1) is 0 Å². The molecule has 6 rings (SSSR count). The highest BCUT2D eigenvalue weighted by Crippen LogP contribution is 2.54. The molecule has 2 aliphatic rings. The number of carboxylic acids is 1. The Morgan fingerprint density at radius 3 is 1.65 bits per heavy atom. The third-order valence-electron chi connectivity index (χ3n) is 14.7. The van der Waals surface area contributed by atoms with Gasteiger partial charge in [-0.2, -0.15) is 38.2 Å². The molecule has 2 heterocycles. The van der Waals surface area contributed by atoms with Crippen molar-refractivity contribution < 1.29 is 108 Å². The molecule has 0 spiro atoms. The summed E-state index contributed by atoms with van der Waals surface area (Å²) in [6.07, 6.45) is 9.57. The minimum atomic E-state index is -5.36. The van der Waals surface area contributed by atoms with Crippen LogP contribution in [0.25, 0.3) is 21.5 Å². The van der Waals surface area contributed by atoms with Crippen LogP contribution in [0.4, 0.5) is 11.4 Å². The molecule has 85 heavy (non-hydrogen) atoms. The van der Waals surface area contributed by atoms with Crippen molar-refractivity contribution in [1.29, 1.82) is 0 Å². The van der Waals surface area contributed by atoms with Gasteiger partial charge in [0.1, 0.15) is 21.6 Å². The zero-order valence-corrected chi connectivity index (χ0v) is 51.5. The second-order valence-corrected chi connectivity index (χ2v) is 27.6. The average Bonchev–Trinajstić information content (AvgIpc) is 1.64. The quantitative estimate of drug-likeness (QED) is 0.0146. The Morgan fingerprint density at radius 1 is 0.600 bits per heavy atom. The summed E-state index contributed by atoms with van der Waals surface area (Å²) in [5.41, 5.74) is 0.262. The maximum atomic E-state index is 12.8. The van der Waals surface area contributed by atoms with Crippen LogP contribution in [0, 0.1) is 0 Å². The van der Waals surface area contributed by atoms with Crippen molar-refractivity contribution in [2.24, 2.45) is 0 Å². The van der Waals surface area contributed by atoms with Gasteiger partial charge in [0.2, 0.25) is 5.69 Å². The van der Waals surface area contributed by atoms with Crippen molar-refractivity contribution in [3.05, 3.63) is 95.7 Å². The van der Waals surface area contributed by atoms with E-state index < -0.39 is 92.7 Å². The van der Waals surface area contributed by atoms with Gasteiger partial charge in [0, 0.05) is 78.4 Å². The molecule has 0 bridgehead atoms. The van der Waals surface area contributed by atoms with Crippen molar-refractivity contribution in [3.63, 3.8) is 0 Å². The van der Waals surface area contributed by atoms with E-state index in [4.69, 9.17) is 28.4 Å². The van der Waals surface area contributed by atoms with Gasteiger partial charge in [-0.1, -0.05) is 24.3 Å². The number of hydrogen-bond donors (Lipinski definition) is 5. The number of rotatable bonds is 36. The van der Waals surface area contributed by atoms with E-state index in [0.29, 0.717) is 105 Å². The summed E-state index contributed by atoms with van der Waals surface area (Å²) in [6, 6.07) is 9.29. The molecule has 2 atom stereocenters. The number of likely N-dealkylation sites (N-methyl/N-ethyl adjacent to an activating group) is 1. The van der Waals surface area contributed by atoms with Crippen LogP contribution in [0.1, 0.15) is 76.8 Å². The van der Waals surface area contributed by atoms with Gasteiger partial charge >= 0.3 is 5.97 Å². The first-order chi connectivity index (χ1) is 39.9. The molecule has 2 aliphatic heterocycles. The Morgan fingerprint density at radius 2 is 1.13 bits per heavy atom. The van der Waals surface area contributed by atoms with Gasteiger partial charge in [0.25, 0.3) is 40.5 Å². The topological polar surface area (TPSA) is 374 Å². The zero-order chi connectivity index (χ0) is 62.6. The highest BCUT2D eigenvalue weighted by molar-refractivity contribution is 7.87. The van der Waals surface area contributed by atoms with E-state index in [0.717, 1.165) is 12.1 Å². The lowest BCUT2D eigenvalue weighted by atomic mass is 9.75. The molecule has 5 N–H and O–H groups in total. The summed E-state index contributed by atoms with van der Waals surface area (Å²) < 4.78 is 214. The van der Waals surface area contributed by atoms with Crippen LogP contribution in [0.2, 0.25) is 0 Å². The molecule has 0 saturated heterocycles. The van der Waals surface area contributed by atoms with Crippen LogP contribution >= 0.6 is 0 Å². The largest absolute Gasteiger partial charge is 0.744 e. The average molecular weight is 1290 g/mol. The number of ether oxygens (including phenoxy) is 6. The molecular weight excluding hydrogens is 1220 g/mol. The fourth-order valence-electron chi connectivity index (χ4n) is 10.9. The Hall–Kier alpha value is -5.13. The van der Waals surface area contributed by atoms with E-state index in [1.165, 1.54) is 12.1 Å². The third-order valence-corrected chi connectivity index (χ3v) is 18.9. The molecule has 2 unspecified atom stereocenters. The van der Waals surface area contributed by atoms with Crippen molar-refractivity contribution in [1.82, 2.24) is 0 Å². The van der Waals surface area contributed by atoms with E-state index >= 15 is 0 Å². The Balaban J connectivity index is 1.40. The lowest BCUT2D eigenvalue weighted by Gasteiger charge is -2.30. The first-order valence-corrected chi connectivity index (χ1v) is 34.4. The van der Waals surface area contributed by atoms with Crippen molar-refractivity contribution in [3.8, 4) is 0 Å². The van der Waals surface area contributed by atoms with Crippen LogP contribution in [0.5, 0.6) is 0 Å². The zero-order valence-electron chi connectivity index (χ0n) is 47.4. The summed E-state index contributed by atoms with van der Waals surface area (Å²) in [7, 11) is -23.5. The first kappa shape index (κ1) is 69.0. The summed E-state index contributed by atoms with van der Waals surface area (Å²) >= 11 is 0. The molecule has 25 nitrogen and oxygen atoms in total. The SMILES string of the molecule is CCN1C(=CC=CC=CC2=[N+](CCCCCC(=O)O)c3ccc4c(S(=O)(=O)[O-])cc(S(=O)(=O)O)cc4c3C2(C)CCOCCOCCOCCOCCOCCOC)C(C)(CCCS(=O)(=O)O)c2c1ccc1c(S(=O)(=O)O)cc(S(=O)(=O)O)cc21. The molecule has 4 aromatic rings. The minimum absolute atomic E-state index is 0.00641. The monoisotopic (exact) mass is 1290 g/mol. The number of fused-ring (bicyclic) bond motifs is 6. The summed E-state index contributed by atoms with van der Waals surface area (Å²) in [6.45, 7) is 9.19. The maximum absolute atomic E-state index is 12.8. The Kier molecular flexibility index (Phi) is 23.7. The smallest absolute Gasteiger partial charge is 0.303 e. The van der Waals surface area contributed by atoms with Gasteiger partial charge in [-0.3, -0.25) is 23.0 Å². The minimum Gasteiger partial charge on any atom is -0.744 e. The number of allylic oxidation sites excluding steroid dienone is 6. The van der Waals surface area contributed by atoms with Crippen LogP contribution in [0.15, 0.2) is 104 Å². The van der Waals surface area contributed by atoms with Crippen LogP contribution < -0.4 is 4.90 Å². The van der Waals surface area contributed by atoms with E-state index in [9.17, 15) is 74.8 Å². The van der Waals surface area contributed by atoms with Crippen molar-refractivity contribution in [2.75, 3.05) is 104 Å². The highest BCUT2D eigenvalue weighted by Gasteiger charge is 2.49. The molecule has 30 heteroatoms. The Bertz CT molecular complexity index is 3810. The van der Waals surface area contributed by atoms with Gasteiger partial charge < -0.3 is 43.0 Å². The van der Waals surface area contributed by atoms with Gasteiger partial charge in [-0.05, 0) is 112 Å². The predicted octanol–water partition coefficient (Wildman–Crippen LogP) is 6.22. The molecule has 0 saturated carbocycles. The number of anilines is 1. The first-order valence-electron chi connectivity index (χ1n) is 27.0. The van der Waals surface area contributed by atoms with E-state index in [1.54, 1.807) is 63.5 Å². The van der Waals surface area contributed by atoms with Gasteiger partial charge in [0.05, 0.1) is 91.9 Å². The molecule has 0 aliphatic carbocycles. The highest BCUT2D eigenvalue weighted by atomic mass is 32.2. The van der Waals surface area contributed by atoms with Crippen LogP contribution in [-0.2, 0) is 94.6 Å². The summed E-state index contributed by atoms with van der Waals surface area (Å²) in [5.74, 6) is -1.66. The lowest BCUT2D eigenvalue weighted by Crippen LogP contribution is -2.33. The second kappa shape index (κ2) is 29.2. The second-order valence-electron chi connectivity index (χ2n) is 20.5. The van der Waals surface area contributed by atoms with E-state index in [-0.39, 0.29) is 93.4 Å². The molecule has 0 radical (unpaired) electrons. The van der Waals surface area contributed by atoms with Crippen LogP contribution in [0.3, 0.4) is 0 Å². The molecule has 0 aromatic heterocycles. The molecule has 0 fully saturated rings. The number of unbranched alkanes of at least 4 members (excludes halogenated alkanes) is 2. The Labute approximate surface area is 495 Å². The number of benzene rings is 4. The number of carbonyl (C=O) groups is 1. The van der Waals surface area contributed by atoms with Crippen molar-refractivity contribution >= 4 is 95.2 Å². The predicted molar refractivity (Wildman–Crippen MR) is 312 cm³/mol.